The fourth-order valence-electron chi connectivity index (χ4n) is 2.92. The number of hydrogen-bond donors (Lipinski definition) is 3. The topological polar surface area (TPSA) is 87.3 Å². The third-order valence-electron chi connectivity index (χ3n) is 4.76. The molecule has 1 fully saturated rings. The van der Waals surface area contributed by atoms with Crippen LogP contribution in [0.25, 0.3) is 0 Å². The summed E-state index contributed by atoms with van der Waals surface area (Å²) < 4.78 is 0. The molecular weight excluding hydrogens is 318 g/mol. The third-order valence-corrected chi connectivity index (χ3v) is 4.76. The molecule has 1 aliphatic rings. The summed E-state index contributed by atoms with van der Waals surface area (Å²) in [6.07, 6.45) is 4.72. The molecule has 1 aromatic carbocycles. The molecule has 2 rings (SSSR count). The Labute approximate surface area is 148 Å². The maximum Gasteiger partial charge on any atom is 0.251 e. The highest BCUT2D eigenvalue weighted by atomic mass is 16.2. The molecule has 1 unspecified atom stereocenters. The summed E-state index contributed by atoms with van der Waals surface area (Å²) in [4.78, 5) is 36.7. The third kappa shape index (κ3) is 5.31. The first-order valence-electron chi connectivity index (χ1n) is 8.90. The summed E-state index contributed by atoms with van der Waals surface area (Å²) in [6.45, 7) is 3.41. The zero-order valence-electron chi connectivity index (χ0n) is 14.9. The molecule has 0 spiro atoms. The maximum absolute atomic E-state index is 12.5. The molecule has 25 heavy (non-hydrogen) atoms. The van der Waals surface area contributed by atoms with E-state index in [1.807, 2.05) is 13.0 Å². The van der Waals surface area contributed by atoms with Gasteiger partial charge in [0, 0.05) is 11.6 Å². The van der Waals surface area contributed by atoms with Crippen molar-refractivity contribution in [1.29, 1.82) is 0 Å². The van der Waals surface area contributed by atoms with E-state index in [1.165, 1.54) is 0 Å². The maximum atomic E-state index is 12.5. The Morgan fingerprint density at radius 3 is 2.36 bits per heavy atom. The monoisotopic (exact) mass is 345 g/mol. The van der Waals surface area contributed by atoms with Crippen LogP contribution < -0.4 is 16.0 Å². The molecule has 1 aromatic rings. The second kappa shape index (κ2) is 8.65. The average Bonchev–Trinajstić information content (AvgIpc) is 3.13. The Hall–Kier alpha value is -2.37. The van der Waals surface area contributed by atoms with E-state index in [9.17, 15) is 14.4 Å². The minimum absolute atomic E-state index is 0.162. The fourth-order valence-corrected chi connectivity index (χ4v) is 2.92. The molecular formula is C19H27N3O3. The van der Waals surface area contributed by atoms with Crippen LogP contribution in [0.1, 0.15) is 56.3 Å². The highest BCUT2D eigenvalue weighted by Gasteiger charge is 2.34. The van der Waals surface area contributed by atoms with Gasteiger partial charge in [-0.25, -0.2) is 0 Å². The minimum Gasteiger partial charge on any atom is -0.351 e. The van der Waals surface area contributed by atoms with Gasteiger partial charge in [-0.1, -0.05) is 38.0 Å². The van der Waals surface area contributed by atoms with E-state index in [1.54, 1.807) is 31.2 Å². The highest BCUT2D eigenvalue weighted by Crippen LogP contribution is 2.19. The van der Waals surface area contributed by atoms with Crippen molar-refractivity contribution < 1.29 is 14.4 Å². The van der Waals surface area contributed by atoms with Gasteiger partial charge in [0.1, 0.15) is 5.54 Å². The molecule has 0 heterocycles. The number of carbonyl (C=O) groups excluding carboxylic acids is 3. The van der Waals surface area contributed by atoms with Crippen LogP contribution in [-0.2, 0) is 9.59 Å². The molecule has 0 saturated heterocycles. The van der Waals surface area contributed by atoms with Gasteiger partial charge < -0.3 is 16.0 Å². The lowest BCUT2D eigenvalue weighted by molar-refractivity contribution is -0.133. The van der Waals surface area contributed by atoms with E-state index < -0.39 is 5.54 Å². The largest absolute Gasteiger partial charge is 0.351 e. The van der Waals surface area contributed by atoms with Crippen molar-refractivity contribution in [2.24, 2.45) is 0 Å². The van der Waals surface area contributed by atoms with E-state index in [0.29, 0.717) is 12.0 Å². The van der Waals surface area contributed by atoms with Gasteiger partial charge in [-0.05, 0) is 38.3 Å². The molecule has 0 aliphatic heterocycles. The molecule has 6 heteroatoms. The normalized spacial score (nSPS) is 16.7. The number of carbonyl (C=O) groups is 3. The lowest BCUT2D eigenvalue weighted by Gasteiger charge is -2.30. The molecule has 1 aliphatic carbocycles. The second-order valence-electron chi connectivity index (χ2n) is 6.74. The van der Waals surface area contributed by atoms with Crippen molar-refractivity contribution in [1.82, 2.24) is 16.0 Å². The number of hydrogen-bond acceptors (Lipinski definition) is 3. The van der Waals surface area contributed by atoms with E-state index in [2.05, 4.69) is 16.0 Å². The van der Waals surface area contributed by atoms with Crippen molar-refractivity contribution in [3.8, 4) is 0 Å². The van der Waals surface area contributed by atoms with Crippen molar-refractivity contribution in [2.75, 3.05) is 6.54 Å². The van der Waals surface area contributed by atoms with Crippen LogP contribution in [0, 0.1) is 0 Å². The molecule has 6 nitrogen and oxygen atoms in total. The second-order valence-corrected chi connectivity index (χ2v) is 6.74. The lowest BCUT2D eigenvalue weighted by Crippen LogP contribution is -2.59. The molecule has 136 valence electrons. The molecule has 3 amide bonds. The molecule has 3 N–H and O–H groups in total. The standard InChI is InChI=1S/C19H27N3O3/c1-3-19(2,18(25)21-15-11-7-8-12-15)22-16(23)13-20-17(24)14-9-5-4-6-10-14/h4-6,9-10,15H,3,7-8,11-13H2,1-2H3,(H,20,24)(H,21,25)(H,22,23). The van der Waals surface area contributed by atoms with Crippen LogP contribution in [-0.4, -0.2) is 35.8 Å². The summed E-state index contributed by atoms with van der Waals surface area (Å²) >= 11 is 0. The number of benzene rings is 1. The van der Waals surface area contributed by atoms with Crippen molar-refractivity contribution in [3.05, 3.63) is 35.9 Å². The van der Waals surface area contributed by atoms with Crippen LogP contribution in [0.2, 0.25) is 0 Å². The van der Waals surface area contributed by atoms with Gasteiger partial charge in [-0.15, -0.1) is 0 Å². The summed E-state index contributed by atoms with van der Waals surface area (Å²) in [5.74, 6) is -0.857. The van der Waals surface area contributed by atoms with Crippen molar-refractivity contribution in [2.45, 2.75) is 57.5 Å². The van der Waals surface area contributed by atoms with Crippen molar-refractivity contribution >= 4 is 17.7 Å². The zero-order valence-corrected chi connectivity index (χ0v) is 14.9. The number of amides is 3. The van der Waals surface area contributed by atoms with Crippen LogP contribution in [0.15, 0.2) is 30.3 Å². The lowest BCUT2D eigenvalue weighted by atomic mass is 9.96. The van der Waals surface area contributed by atoms with Gasteiger partial charge in [0.05, 0.1) is 6.54 Å². The summed E-state index contributed by atoms with van der Waals surface area (Å²) in [7, 11) is 0. The van der Waals surface area contributed by atoms with Gasteiger partial charge in [0.25, 0.3) is 5.91 Å². The molecule has 0 radical (unpaired) electrons. The van der Waals surface area contributed by atoms with Gasteiger partial charge >= 0.3 is 0 Å². The summed E-state index contributed by atoms with van der Waals surface area (Å²) in [6, 6.07) is 8.90. The number of nitrogens with one attached hydrogen (secondary N) is 3. The van der Waals surface area contributed by atoms with Crippen LogP contribution >= 0.6 is 0 Å². The quantitative estimate of drug-likeness (QED) is 0.704. The Morgan fingerprint density at radius 2 is 1.76 bits per heavy atom. The van der Waals surface area contributed by atoms with Crippen molar-refractivity contribution in [3.63, 3.8) is 0 Å². The van der Waals surface area contributed by atoms with E-state index in [0.717, 1.165) is 25.7 Å². The average molecular weight is 345 g/mol. The van der Waals surface area contributed by atoms with Gasteiger partial charge in [0.2, 0.25) is 11.8 Å². The summed E-state index contributed by atoms with van der Waals surface area (Å²) in [5, 5.41) is 8.36. The SMILES string of the molecule is CCC(C)(NC(=O)CNC(=O)c1ccccc1)C(=O)NC1CCCC1. The Balaban J connectivity index is 1.85. The van der Waals surface area contributed by atoms with Crippen LogP contribution in [0.4, 0.5) is 0 Å². The Bertz CT molecular complexity index is 612. The highest BCUT2D eigenvalue weighted by molar-refractivity contribution is 5.97. The first-order chi connectivity index (χ1) is 11.9. The summed E-state index contributed by atoms with van der Waals surface area (Å²) in [5.41, 5.74) is -0.482. The van der Waals surface area contributed by atoms with E-state index in [-0.39, 0.29) is 30.3 Å². The van der Waals surface area contributed by atoms with Crippen LogP contribution in [0.5, 0.6) is 0 Å². The van der Waals surface area contributed by atoms with Gasteiger partial charge in [-0.2, -0.15) is 0 Å². The van der Waals surface area contributed by atoms with E-state index >= 15 is 0 Å². The minimum atomic E-state index is -0.975. The van der Waals surface area contributed by atoms with Crippen LogP contribution in [0.3, 0.4) is 0 Å². The fraction of sp³-hybridized carbons (Fsp3) is 0.526. The van der Waals surface area contributed by atoms with Gasteiger partial charge in [-0.3, -0.25) is 14.4 Å². The Morgan fingerprint density at radius 1 is 1.12 bits per heavy atom. The number of rotatable bonds is 7. The molecule has 0 bridgehead atoms. The smallest absolute Gasteiger partial charge is 0.251 e. The predicted octanol–water partition coefficient (Wildman–Crippen LogP) is 1.76. The molecule has 1 atom stereocenters. The Kier molecular flexibility index (Phi) is 6.56. The first kappa shape index (κ1) is 19.0. The molecule has 0 aromatic heterocycles. The van der Waals surface area contributed by atoms with Gasteiger partial charge in [0.15, 0.2) is 0 Å². The first-order valence-corrected chi connectivity index (χ1v) is 8.90. The predicted molar refractivity (Wildman–Crippen MR) is 96.0 cm³/mol. The zero-order chi connectivity index (χ0) is 18.3. The van der Waals surface area contributed by atoms with E-state index in [4.69, 9.17) is 0 Å². The molecule has 1 saturated carbocycles.